The number of piperidine rings is 1. The Kier molecular flexibility index (Phi) is 5.88. The van der Waals surface area contributed by atoms with E-state index in [1.165, 1.54) is 0 Å². The van der Waals surface area contributed by atoms with Gasteiger partial charge in [-0.1, -0.05) is 30.7 Å². The van der Waals surface area contributed by atoms with Gasteiger partial charge in [-0.3, -0.25) is 4.79 Å². The fourth-order valence-corrected chi connectivity index (χ4v) is 2.59. The van der Waals surface area contributed by atoms with E-state index in [1.807, 2.05) is 25.1 Å². The fourth-order valence-electron chi connectivity index (χ4n) is 2.40. The zero-order valence-corrected chi connectivity index (χ0v) is 13.1. The minimum absolute atomic E-state index is 0.0868. The SMILES string of the molecule is CC1CCN(C(=O)CCCOc2ccccc2Cl)CC1O. The molecule has 1 amide bonds. The number of aliphatic hydroxyl groups is 1. The lowest BCUT2D eigenvalue weighted by Gasteiger charge is -2.34. The maximum absolute atomic E-state index is 12.1. The topological polar surface area (TPSA) is 49.8 Å². The van der Waals surface area contributed by atoms with Crippen molar-refractivity contribution >= 4 is 17.5 Å². The van der Waals surface area contributed by atoms with Gasteiger partial charge >= 0.3 is 0 Å². The molecule has 1 heterocycles. The molecular formula is C16H22ClNO3. The van der Waals surface area contributed by atoms with Crippen molar-refractivity contribution in [1.82, 2.24) is 4.90 Å². The van der Waals surface area contributed by atoms with Crippen LogP contribution in [-0.2, 0) is 4.79 Å². The second-order valence-corrected chi connectivity index (χ2v) is 5.96. The highest BCUT2D eigenvalue weighted by atomic mass is 35.5. The standard InChI is InChI=1S/C16H22ClNO3/c1-12-8-9-18(11-14(12)19)16(20)7-4-10-21-15-6-3-2-5-13(15)17/h2-3,5-6,12,14,19H,4,7-11H2,1H3. The summed E-state index contributed by atoms with van der Waals surface area (Å²) >= 11 is 5.99. The molecule has 2 unspecified atom stereocenters. The van der Waals surface area contributed by atoms with Crippen molar-refractivity contribution in [3.8, 4) is 5.75 Å². The van der Waals surface area contributed by atoms with Gasteiger partial charge in [0.2, 0.25) is 5.91 Å². The molecule has 2 atom stereocenters. The van der Waals surface area contributed by atoms with Crippen LogP contribution in [0.2, 0.25) is 5.02 Å². The second-order valence-electron chi connectivity index (χ2n) is 5.56. The number of carbonyl (C=O) groups is 1. The summed E-state index contributed by atoms with van der Waals surface area (Å²) in [6.45, 7) is 3.67. The van der Waals surface area contributed by atoms with Gasteiger partial charge in [-0.15, -0.1) is 0 Å². The van der Waals surface area contributed by atoms with Gasteiger partial charge in [-0.2, -0.15) is 0 Å². The number of amides is 1. The minimum Gasteiger partial charge on any atom is -0.492 e. The second kappa shape index (κ2) is 7.66. The smallest absolute Gasteiger partial charge is 0.222 e. The summed E-state index contributed by atoms with van der Waals surface area (Å²) in [4.78, 5) is 13.8. The van der Waals surface area contributed by atoms with E-state index in [1.54, 1.807) is 11.0 Å². The number of nitrogens with zero attached hydrogens (tertiary/aromatic N) is 1. The first-order valence-corrected chi connectivity index (χ1v) is 7.79. The third-order valence-corrected chi connectivity index (χ3v) is 4.21. The lowest BCUT2D eigenvalue weighted by atomic mass is 9.96. The Labute approximate surface area is 130 Å². The molecule has 4 nitrogen and oxygen atoms in total. The van der Waals surface area contributed by atoms with Crippen LogP contribution in [0.1, 0.15) is 26.2 Å². The highest BCUT2D eigenvalue weighted by molar-refractivity contribution is 6.32. The summed E-state index contributed by atoms with van der Waals surface area (Å²) in [5.74, 6) is 1.01. The van der Waals surface area contributed by atoms with Crippen molar-refractivity contribution in [2.75, 3.05) is 19.7 Å². The van der Waals surface area contributed by atoms with E-state index in [0.29, 0.717) is 36.8 Å². The number of benzene rings is 1. The number of rotatable bonds is 5. The lowest BCUT2D eigenvalue weighted by Crippen LogP contribution is -2.45. The molecule has 116 valence electrons. The predicted octanol–water partition coefficient (Wildman–Crippen LogP) is 2.73. The fraction of sp³-hybridized carbons (Fsp3) is 0.562. The molecule has 0 aromatic heterocycles. The van der Waals surface area contributed by atoms with E-state index in [9.17, 15) is 9.90 Å². The van der Waals surface area contributed by atoms with E-state index in [-0.39, 0.29) is 11.8 Å². The number of hydrogen-bond donors (Lipinski definition) is 1. The Morgan fingerprint density at radius 1 is 1.48 bits per heavy atom. The summed E-state index contributed by atoms with van der Waals surface area (Å²) in [6.07, 6.45) is 1.54. The molecule has 1 N–H and O–H groups in total. The first-order chi connectivity index (χ1) is 10.1. The van der Waals surface area contributed by atoms with Gasteiger partial charge in [0.15, 0.2) is 0 Å². The molecule has 1 fully saturated rings. The maximum atomic E-state index is 12.1. The number of ether oxygens (including phenoxy) is 1. The van der Waals surface area contributed by atoms with Crippen LogP contribution in [0.5, 0.6) is 5.75 Å². The van der Waals surface area contributed by atoms with Crippen molar-refractivity contribution in [3.63, 3.8) is 0 Å². The number of para-hydroxylation sites is 1. The molecule has 1 aromatic rings. The molecule has 0 spiro atoms. The Bertz CT molecular complexity index is 480. The zero-order chi connectivity index (χ0) is 15.2. The molecule has 1 aliphatic heterocycles. The van der Waals surface area contributed by atoms with Gasteiger partial charge in [-0.25, -0.2) is 0 Å². The zero-order valence-electron chi connectivity index (χ0n) is 12.3. The Hall–Kier alpha value is -1.26. The van der Waals surface area contributed by atoms with E-state index in [4.69, 9.17) is 16.3 Å². The normalized spacial score (nSPS) is 22.1. The Morgan fingerprint density at radius 2 is 2.24 bits per heavy atom. The Balaban J connectivity index is 1.69. The first-order valence-electron chi connectivity index (χ1n) is 7.41. The molecule has 0 saturated carbocycles. The van der Waals surface area contributed by atoms with Crippen molar-refractivity contribution in [2.45, 2.75) is 32.3 Å². The summed E-state index contributed by atoms with van der Waals surface area (Å²) < 4.78 is 5.56. The third kappa shape index (κ3) is 4.61. The van der Waals surface area contributed by atoms with Crippen LogP contribution in [0.25, 0.3) is 0 Å². The number of likely N-dealkylation sites (tertiary alicyclic amines) is 1. The van der Waals surface area contributed by atoms with Gasteiger partial charge in [-0.05, 0) is 30.9 Å². The quantitative estimate of drug-likeness (QED) is 0.851. The predicted molar refractivity (Wildman–Crippen MR) is 82.5 cm³/mol. The van der Waals surface area contributed by atoms with Gasteiger partial charge < -0.3 is 14.7 Å². The highest BCUT2D eigenvalue weighted by Gasteiger charge is 2.26. The van der Waals surface area contributed by atoms with Gasteiger partial charge in [0.25, 0.3) is 0 Å². The van der Waals surface area contributed by atoms with Gasteiger partial charge in [0.1, 0.15) is 5.75 Å². The van der Waals surface area contributed by atoms with Gasteiger partial charge in [0.05, 0.1) is 17.7 Å². The summed E-state index contributed by atoms with van der Waals surface area (Å²) in [6, 6.07) is 7.30. The van der Waals surface area contributed by atoms with Crippen LogP contribution in [0.4, 0.5) is 0 Å². The molecule has 0 radical (unpaired) electrons. The van der Waals surface area contributed by atoms with Crippen LogP contribution >= 0.6 is 11.6 Å². The molecule has 5 heteroatoms. The molecule has 21 heavy (non-hydrogen) atoms. The van der Waals surface area contributed by atoms with E-state index < -0.39 is 6.10 Å². The average Bonchev–Trinajstić information content (AvgIpc) is 2.48. The highest BCUT2D eigenvalue weighted by Crippen LogP contribution is 2.23. The van der Waals surface area contributed by atoms with E-state index >= 15 is 0 Å². The summed E-state index contributed by atoms with van der Waals surface area (Å²) in [7, 11) is 0. The monoisotopic (exact) mass is 311 g/mol. The minimum atomic E-state index is -0.401. The molecule has 1 aromatic carbocycles. The first kappa shape index (κ1) is 16.1. The molecular weight excluding hydrogens is 290 g/mol. The molecule has 0 aliphatic carbocycles. The maximum Gasteiger partial charge on any atom is 0.222 e. The van der Waals surface area contributed by atoms with Crippen molar-refractivity contribution in [2.24, 2.45) is 5.92 Å². The number of aliphatic hydroxyl groups excluding tert-OH is 1. The van der Waals surface area contributed by atoms with Gasteiger partial charge in [0, 0.05) is 19.5 Å². The molecule has 1 aliphatic rings. The largest absolute Gasteiger partial charge is 0.492 e. The molecule has 0 bridgehead atoms. The molecule has 2 rings (SSSR count). The van der Waals surface area contributed by atoms with Crippen LogP contribution in [0.15, 0.2) is 24.3 Å². The number of halogens is 1. The van der Waals surface area contributed by atoms with Crippen LogP contribution in [0.3, 0.4) is 0 Å². The van der Waals surface area contributed by atoms with E-state index in [0.717, 1.165) is 13.0 Å². The van der Waals surface area contributed by atoms with Crippen molar-refractivity contribution in [1.29, 1.82) is 0 Å². The third-order valence-electron chi connectivity index (χ3n) is 3.90. The van der Waals surface area contributed by atoms with Crippen LogP contribution < -0.4 is 4.74 Å². The van der Waals surface area contributed by atoms with Crippen LogP contribution in [-0.4, -0.2) is 41.7 Å². The van der Waals surface area contributed by atoms with Crippen molar-refractivity contribution in [3.05, 3.63) is 29.3 Å². The number of hydrogen-bond acceptors (Lipinski definition) is 3. The molecule has 1 saturated heterocycles. The summed E-state index contributed by atoms with van der Waals surface area (Å²) in [5, 5.41) is 10.4. The van der Waals surface area contributed by atoms with Crippen LogP contribution in [0, 0.1) is 5.92 Å². The van der Waals surface area contributed by atoms with Crippen molar-refractivity contribution < 1.29 is 14.6 Å². The number of carbonyl (C=O) groups excluding carboxylic acids is 1. The average molecular weight is 312 g/mol. The van der Waals surface area contributed by atoms with E-state index in [2.05, 4.69) is 0 Å². The lowest BCUT2D eigenvalue weighted by molar-refractivity contribution is -0.135. The Morgan fingerprint density at radius 3 is 2.95 bits per heavy atom. The summed E-state index contributed by atoms with van der Waals surface area (Å²) in [5.41, 5.74) is 0. The number of β-amino-alcohol motifs (C(OH)–C–C–N with tert-alkyl or cyclic N) is 1.